The molecular formula is C16H17N3O2S2. The number of furan rings is 1. The molecule has 0 aliphatic rings. The molecule has 3 rings (SSSR count). The molecule has 0 radical (unpaired) electrons. The molecule has 5 nitrogen and oxygen atoms in total. The maximum Gasteiger partial charge on any atom is 0.234 e. The number of aromatic nitrogens is 1. The molecule has 3 heterocycles. The Morgan fingerprint density at radius 2 is 2.26 bits per heavy atom. The van der Waals surface area contributed by atoms with Crippen LogP contribution in [0, 0.1) is 0 Å². The molecule has 1 amide bonds. The van der Waals surface area contributed by atoms with Gasteiger partial charge in [0.1, 0.15) is 10.8 Å². The average molecular weight is 347 g/mol. The van der Waals surface area contributed by atoms with Crippen LogP contribution in [0.15, 0.2) is 45.7 Å². The SMILES string of the molecule is CN(CC(=O)NCc1ccco1)Cc1csc(-c2cccs2)n1. The highest BCUT2D eigenvalue weighted by Gasteiger charge is 2.11. The Bertz CT molecular complexity index is 735. The maximum atomic E-state index is 11.9. The highest BCUT2D eigenvalue weighted by Crippen LogP contribution is 2.27. The number of nitrogens with one attached hydrogen (secondary N) is 1. The van der Waals surface area contributed by atoms with E-state index < -0.39 is 0 Å². The molecule has 0 saturated heterocycles. The van der Waals surface area contributed by atoms with Crippen LogP contribution < -0.4 is 5.32 Å². The van der Waals surface area contributed by atoms with E-state index in [1.807, 2.05) is 34.8 Å². The van der Waals surface area contributed by atoms with Gasteiger partial charge in [-0.25, -0.2) is 4.98 Å². The summed E-state index contributed by atoms with van der Waals surface area (Å²) >= 11 is 3.32. The zero-order valence-electron chi connectivity index (χ0n) is 12.7. The number of carbonyl (C=O) groups is 1. The van der Waals surface area contributed by atoms with Gasteiger partial charge in [-0.15, -0.1) is 22.7 Å². The van der Waals surface area contributed by atoms with Crippen LogP contribution in [0.3, 0.4) is 0 Å². The topological polar surface area (TPSA) is 58.4 Å². The summed E-state index contributed by atoms with van der Waals surface area (Å²) in [5, 5.41) is 7.97. The highest BCUT2D eigenvalue weighted by molar-refractivity contribution is 7.20. The van der Waals surface area contributed by atoms with Gasteiger partial charge in [0.05, 0.1) is 29.9 Å². The Labute approximate surface area is 142 Å². The summed E-state index contributed by atoms with van der Waals surface area (Å²) in [5.74, 6) is 0.721. The van der Waals surface area contributed by atoms with E-state index >= 15 is 0 Å². The molecule has 1 N–H and O–H groups in total. The number of thiazole rings is 1. The lowest BCUT2D eigenvalue weighted by Gasteiger charge is -2.14. The predicted molar refractivity (Wildman–Crippen MR) is 92.3 cm³/mol. The summed E-state index contributed by atoms with van der Waals surface area (Å²) in [7, 11) is 1.91. The van der Waals surface area contributed by atoms with Crippen molar-refractivity contribution in [2.45, 2.75) is 13.1 Å². The fraction of sp³-hybridized carbons (Fsp3) is 0.250. The lowest BCUT2D eigenvalue weighted by molar-refractivity contribution is -0.122. The van der Waals surface area contributed by atoms with Crippen molar-refractivity contribution in [2.75, 3.05) is 13.6 Å². The zero-order chi connectivity index (χ0) is 16.1. The van der Waals surface area contributed by atoms with Crippen LogP contribution in [0.4, 0.5) is 0 Å². The van der Waals surface area contributed by atoms with Crippen molar-refractivity contribution in [2.24, 2.45) is 0 Å². The van der Waals surface area contributed by atoms with E-state index in [4.69, 9.17) is 4.42 Å². The number of thiophene rings is 1. The van der Waals surface area contributed by atoms with Crippen LogP contribution in [0.25, 0.3) is 9.88 Å². The molecule has 0 atom stereocenters. The molecule has 0 fully saturated rings. The minimum Gasteiger partial charge on any atom is -0.467 e. The number of rotatable bonds is 7. The van der Waals surface area contributed by atoms with Crippen LogP contribution in [0.5, 0.6) is 0 Å². The lowest BCUT2D eigenvalue weighted by Crippen LogP contribution is -2.34. The van der Waals surface area contributed by atoms with Gasteiger partial charge in [0.15, 0.2) is 0 Å². The molecule has 0 unspecified atom stereocenters. The average Bonchev–Trinajstić information content (AvgIpc) is 3.26. The van der Waals surface area contributed by atoms with Gasteiger partial charge < -0.3 is 9.73 Å². The van der Waals surface area contributed by atoms with Crippen molar-refractivity contribution in [1.29, 1.82) is 0 Å². The van der Waals surface area contributed by atoms with Crippen LogP contribution >= 0.6 is 22.7 Å². The van der Waals surface area contributed by atoms with Crippen molar-refractivity contribution in [3.05, 3.63) is 52.7 Å². The molecule has 23 heavy (non-hydrogen) atoms. The third kappa shape index (κ3) is 4.51. The van der Waals surface area contributed by atoms with Gasteiger partial charge >= 0.3 is 0 Å². The standard InChI is InChI=1S/C16H17N3O2S2/c1-19(10-15(20)17-8-13-4-2-6-21-13)9-12-11-23-16(18-12)14-5-3-7-22-14/h2-7,11H,8-10H2,1H3,(H,17,20). The van der Waals surface area contributed by atoms with Gasteiger partial charge in [-0.2, -0.15) is 0 Å². The molecule has 0 saturated carbocycles. The normalized spacial score (nSPS) is 11.0. The van der Waals surface area contributed by atoms with E-state index in [2.05, 4.69) is 16.4 Å². The van der Waals surface area contributed by atoms with E-state index in [0.717, 1.165) is 16.5 Å². The largest absolute Gasteiger partial charge is 0.467 e. The predicted octanol–water partition coefficient (Wildman–Crippen LogP) is 3.21. The quantitative estimate of drug-likeness (QED) is 0.713. The zero-order valence-corrected chi connectivity index (χ0v) is 14.3. The van der Waals surface area contributed by atoms with E-state index in [1.165, 1.54) is 4.88 Å². The number of hydrogen-bond acceptors (Lipinski definition) is 6. The third-order valence-electron chi connectivity index (χ3n) is 3.17. The smallest absolute Gasteiger partial charge is 0.234 e. The van der Waals surface area contributed by atoms with Crippen molar-refractivity contribution in [1.82, 2.24) is 15.2 Å². The van der Waals surface area contributed by atoms with Crippen molar-refractivity contribution in [3.63, 3.8) is 0 Å². The summed E-state index contributed by atoms with van der Waals surface area (Å²) in [5.41, 5.74) is 0.986. The van der Waals surface area contributed by atoms with Gasteiger partial charge in [-0.3, -0.25) is 9.69 Å². The molecule has 0 aliphatic carbocycles. The minimum absolute atomic E-state index is 0.0300. The summed E-state index contributed by atoms with van der Waals surface area (Å²) in [6.45, 7) is 1.39. The molecular weight excluding hydrogens is 330 g/mol. The number of nitrogens with zero attached hydrogens (tertiary/aromatic N) is 2. The van der Waals surface area contributed by atoms with Crippen LogP contribution in [0.2, 0.25) is 0 Å². The van der Waals surface area contributed by atoms with Crippen molar-refractivity contribution >= 4 is 28.6 Å². The second-order valence-corrected chi connectivity index (χ2v) is 6.96. The van der Waals surface area contributed by atoms with Gasteiger partial charge in [-0.1, -0.05) is 6.07 Å². The molecule has 3 aromatic rings. The Kier molecular flexibility index (Phi) is 5.22. The second-order valence-electron chi connectivity index (χ2n) is 5.15. The fourth-order valence-electron chi connectivity index (χ4n) is 2.13. The van der Waals surface area contributed by atoms with E-state index in [0.29, 0.717) is 19.6 Å². The van der Waals surface area contributed by atoms with Crippen molar-refractivity contribution < 1.29 is 9.21 Å². The number of hydrogen-bond donors (Lipinski definition) is 1. The molecule has 0 aliphatic heterocycles. The van der Waals surface area contributed by atoms with Gasteiger partial charge in [0.2, 0.25) is 5.91 Å². The maximum absolute atomic E-state index is 11.9. The highest BCUT2D eigenvalue weighted by atomic mass is 32.1. The molecule has 3 aromatic heterocycles. The summed E-state index contributed by atoms with van der Waals surface area (Å²) in [6.07, 6.45) is 1.60. The van der Waals surface area contributed by atoms with Crippen LogP contribution in [0.1, 0.15) is 11.5 Å². The van der Waals surface area contributed by atoms with Gasteiger partial charge in [-0.05, 0) is 30.6 Å². The molecule has 0 spiro atoms. The molecule has 0 aromatic carbocycles. The Hall–Kier alpha value is -1.96. The van der Waals surface area contributed by atoms with Crippen LogP contribution in [-0.2, 0) is 17.9 Å². The molecule has 0 bridgehead atoms. The summed E-state index contributed by atoms with van der Waals surface area (Å²) in [4.78, 5) is 19.7. The first-order chi connectivity index (χ1) is 11.2. The molecule has 120 valence electrons. The first-order valence-electron chi connectivity index (χ1n) is 7.16. The van der Waals surface area contributed by atoms with Gasteiger partial charge in [0, 0.05) is 11.9 Å². The Balaban J connectivity index is 1.47. The number of carbonyl (C=O) groups excluding carboxylic acids is 1. The van der Waals surface area contributed by atoms with E-state index in [-0.39, 0.29) is 5.91 Å². The van der Waals surface area contributed by atoms with Gasteiger partial charge in [0.25, 0.3) is 0 Å². The monoisotopic (exact) mass is 347 g/mol. The van der Waals surface area contributed by atoms with Crippen molar-refractivity contribution in [3.8, 4) is 9.88 Å². The third-order valence-corrected chi connectivity index (χ3v) is 5.10. The Morgan fingerprint density at radius 3 is 3.00 bits per heavy atom. The first-order valence-corrected chi connectivity index (χ1v) is 8.92. The fourth-order valence-corrected chi connectivity index (χ4v) is 3.75. The minimum atomic E-state index is -0.0300. The number of likely N-dealkylation sites (N-methyl/N-ethyl adjacent to an activating group) is 1. The summed E-state index contributed by atoms with van der Waals surface area (Å²) in [6, 6.07) is 7.74. The lowest BCUT2D eigenvalue weighted by atomic mass is 10.4. The van der Waals surface area contributed by atoms with E-state index in [1.54, 1.807) is 35.0 Å². The second kappa shape index (κ2) is 7.54. The number of amides is 1. The molecule has 7 heteroatoms. The van der Waals surface area contributed by atoms with E-state index in [9.17, 15) is 4.79 Å². The Morgan fingerprint density at radius 1 is 1.35 bits per heavy atom. The summed E-state index contributed by atoms with van der Waals surface area (Å²) < 4.78 is 5.19. The van der Waals surface area contributed by atoms with Crippen LogP contribution in [-0.4, -0.2) is 29.4 Å². The first kappa shape index (κ1) is 15.9.